The first-order valence-corrected chi connectivity index (χ1v) is 9.43. The molecule has 0 aromatic carbocycles. The van der Waals surface area contributed by atoms with Crippen molar-refractivity contribution in [3.63, 3.8) is 0 Å². The Morgan fingerprint density at radius 2 is 2.09 bits per heavy atom. The predicted molar refractivity (Wildman–Crippen MR) is 102 cm³/mol. The van der Waals surface area contributed by atoms with Crippen molar-refractivity contribution in [2.45, 2.75) is 57.9 Å². The number of hydrogen-bond donors (Lipinski definition) is 4. The highest BCUT2D eigenvalue weighted by atomic mass is 79.9. The number of allylic oxidation sites excluding steroid dienone is 3. The fraction of sp³-hybridized carbons (Fsp3) is 0.750. The van der Waals surface area contributed by atoms with Crippen molar-refractivity contribution >= 4 is 28.6 Å². The predicted octanol–water partition coefficient (Wildman–Crippen LogP) is 3.19. The molecule has 0 aliphatic carbocycles. The molecule has 0 bridgehead atoms. The molecule has 3 N–H and O–H groups in total. The Morgan fingerprint density at radius 1 is 1.41 bits per heavy atom. The molecule has 0 saturated heterocycles. The lowest BCUT2D eigenvalue weighted by Crippen LogP contribution is -2.55. The van der Waals surface area contributed by atoms with Crippen LogP contribution in [-0.2, 0) is 4.74 Å². The quantitative estimate of drug-likeness (QED) is 0.177. The van der Waals surface area contributed by atoms with Crippen LogP contribution in [0.2, 0.25) is 0 Å². The van der Waals surface area contributed by atoms with Crippen LogP contribution in [0, 0.1) is 0 Å². The maximum Gasteiger partial charge on any atom is 0.156 e. The largest absolute Gasteiger partial charge is 0.368 e. The summed E-state index contributed by atoms with van der Waals surface area (Å²) in [5.74, 6) is 0. The molecular formula is C16H31BrN2O2S. The summed E-state index contributed by atoms with van der Waals surface area (Å²) < 4.78 is 5.28. The minimum Gasteiger partial charge on any atom is -0.368 e. The van der Waals surface area contributed by atoms with Crippen LogP contribution in [0.15, 0.2) is 23.8 Å². The zero-order valence-electron chi connectivity index (χ0n) is 14.1. The Labute approximate surface area is 149 Å². The zero-order chi connectivity index (χ0) is 17.0. The molecule has 0 aliphatic heterocycles. The van der Waals surface area contributed by atoms with E-state index < -0.39 is 11.3 Å². The molecule has 22 heavy (non-hydrogen) atoms. The minimum absolute atomic E-state index is 0.0519. The van der Waals surface area contributed by atoms with E-state index in [9.17, 15) is 5.11 Å². The third kappa shape index (κ3) is 10.0. The Balaban J connectivity index is 5.11. The van der Waals surface area contributed by atoms with E-state index in [4.69, 9.17) is 4.74 Å². The molecule has 0 aromatic rings. The average molecular weight is 395 g/mol. The summed E-state index contributed by atoms with van der Waals surface area (Å²) in [5, 5.41) is 17.4. The van der Waals surface area contributed by atoms with Crippen LogP contribution < -0.4 is 10.6 Å². The fourth-order valence-corrected chi connectivity index (χ4v) is 2.97. The molecule has 0 radical (unpaired) electrons. The molecule has 0 unspecified atom stereocenters. The summed E-state index contributed by atoms with van der Waals surface area (Å²) >= 11 is 8.15. The van der Waals surface area contributed by atoms with Crippen LogP contribution in [0.1, 0.15) is 40.5 Å². The summed E-state index contributed by atoms with van der Waals surface area (Å²) in [6.45, 7) is 9.26. The Bertz CT molecular complexity index is 349. The molecule has 0 saturated carbocycles. The molecule has 0 aliphatic rings. The van der Waals surface area contributed by atoms with E-state index in [2.05, 4.69) is 58.3 Å². The normalized spacial score (nSPS) is 18.4. The van der Waals surface area contributed by atoms with Crippen molar-refractivity contribution in [2.24, 2.45) is 0 Å². The van der Waals surface area contributed by atoms with Gasteiger partial charge in [-0.25, -0.2) is 0 Å². The fourth-order valence-electron chi connectivity index (χ4n) is 2.08. The van der Waals surface area contributed by atoms with Crippen LogP contribution in [0.4, 0.5) is 0 Å². The summed E-state index contributed by atoms with van der Waals surface area (Å²) in [7, 11) is 0. The SMILES string of the molecule is CC/C=C\C=C(/CBr)[C@H](C[C@H](O)OCC)N[C@](C)(S)NCC. The second-order valence-electron chi connectivity index (χ2n) is 5.16. The topological polar surface area (TPSA) is 53.5 Å². The van der Waals surface area contributed by atoms with Gasteiger partial charge in [0.15, 0.2) is 6.29 Å². The van der Waals surface area contributed by atoms with Crippen molar-refractivity contribution in [1.82, 2.24) is 10.6 Å². The molecule has 0 heterocycles. The second-order valence-corrected chi connectivity index (χ2v) is 6.61. The molecule has 0 fully saturated rings. The number of nitrogens with one attached hydrogen (secondary N) is 2. The van der Waals surface area contributed by atoms with E-state index in [0.29, 0.717) is 18.4 Å². The second kappa shape index (κ2) is 12.6. The van der Waals surface area contributed by atoms with E-state index in [1.807, 2.05) is 26.8 Å². The van der Waals surface area contributed by atoms with Gasteiger partial charge in [-0.05, 0) is 32.4 Å². The van der Waals surface area contributed by atoms with Gasteiger partial charge in [-0.1, -0.05) is 48.0 Å². The number of hydrogen-bond acceptors (Lipinski definition) is 5. The molecule has 0 rings (SSSR count). The average Bonchev–Trinajstić information content (AvgIpc) is 2.43. The van der Waals surface area contributed by atoms with Gasteiger partial charge in [0, 0.05) is 24.4 Å². The van der Waals surface area contributed by atoms with Crippen LogP contribution in [-0.4, -0.2) is 40.9 Å². The maximum absolute atomic E-state index is 9.99. The first-order chi connectivity index (χ1) is 10.4. The third-order valence-corrected chi connectivity index (χ3v) is 3.99. The Kier molecular flexibility index (Phi) is 12.6. The minimum atomic E-state index is -0.800. The van der Waals surface area contributed by atoms with Gasteiger partial charge in [-0.3, -0.25) is 10.6 Å². The van der Waals surface area contributed by atoms with Gasteiger partial charge in [0.25, 0.3) is 0 Å². The highest BCUT2D eigenvalue weighted by molar-refractivity contribution is 9.09. The highest BCUT2D eigenvalue weighted by Gasteiger charge is 2.26. The smallest absolute Gasteiger partial charge is 0.156 e. The van der Waals surface area contributed by atoms with Gasteiger partial charge in [0.2, 0.25) is 0 Å². The van der Waals surface area contributed by atoms with Crippen molar-refractivity contribution in [2.75, 3.05) is 18.5 Å². The first kappa shape index (κ1) is 22.1. The lowest BCUT2D eigenvalue weighted by molar-refractivity contribution is -0.102. The molecule has 0 spiro atoms. The molecule has 130 valence electrons. The summed E-state index contributed by atoms with van der Waals surface area (Å²) in [5.41, 5.74) is 1.14. The van der Waals surface area contributed by atoms with E-state index in [1.165, 1.54) is 0 Å². The van der Waals surface area contributed by atoms with Crippen molar-refractivity contribution in [1.29, 1.82) is 0 Å². The maximum atomic E-state index is 9.99. The van der Waals surface area contributed by atoms with Crippen LogP contribution in [0.25, 0.3) is 0 Å². The van der Waals surface area contributed by atoms with Gasteiger partial charge in [0.05, 0.1) is 0 Å². The molecule has 0 aromatic heterocycles. The van der Waals surface area contributed by atoms with E-state index in [0.717, 1.165) is 18.5 Å². The van der Waals surface area contributed by atoms with Gasteiger partial charge < -0.3 is 9.84 Å². The Hall–Kier alpha value is 0.150. The number of thiol groups is 1. The highest BCUT2D eigenvalue weighted by Crippen LogP contribution is 2.18. The Morgan fingerprint density at radius 3 is 2.59 bits per heavy atom. The van der Waals surface area contributed by atoms with Crippen molar-refractivity contribution < 1.29 is 9.84 Å². The summed E-state index contributed by atoms with van der Waals surface area (Å²) in [6.07, 6.45) is 6.88. The number of aliphatic hydroxyl groups excluding tert-OH is 1. The van der Waals surface area contributed by atoms with Gasteiger partial charge >= 0.3 is 0 Å². The zero-order valence-corrected chi connectivity index (χ0v) is 16.6. The third-order valence-electron chi connectivity index (χ3n) is 3.06. The molecule has 0 amide bonds. The monoisotopic (exact) mass is 394 g/mol. The lowest BCUT2D eigenvalue weighted by Gasteiger charge is -2.33. The molecule has 6 heteroatoms. The number of halogens is 1. The molecule has 3 atom stereocenters. The van der Waals surface area contributed by atoms with Crippen LogP contribution in [0.5, 0.6) is 0 Å². The van der Waals surface area contributed by atoms with Crippen molar-refractivity contribution in [3.8, 4) is 0 Å². The van der Waals surface area contributed by atoms with Gasteiger partial charge in [-0.15, -0.1) is 12.6 Å². The van der Waals surface area contributed by atoms with Gasteiger partial charge in [0.1, 0.15) is 4.99 Å². The lowest BCUT2D eigenvalue weighted by atomic mass is 10.0. The summed E-state index contributed by atoms with van der Waals surface area (Å²) in [4.78, 5) is -0.527. The summed E-state index contributed by atoms with van der Waals surface area (Å²) in [6, 6.07) is -0.0519. The molecular weight excluding hydrogens is 364 g/mol. The number of rotatable bonds is 12. The number of alkyl halides is 1. The molecule has 4 nitrogen and oxygen atoms in total. The van der Waals surface area contributed by atoms with E-state index in [-0.39, 0.29) is 6.04 Å². The first-order valence-electron chi connectivity index (χ1n) is 7.86. The van der Waals surface area contributed by atoms with Gasteiger partial charge in [-0.2, -0.15) is 0 Å². The van der Waals surface area contributed by atoms with Crippen molar-refractivity contribution in [3.05, 3.63) is 23.8 Å². The standard InChI is InChI=1S/C16H31BrN2O2S/c1-5-8-9-10-13(12-17)14(11-15(20)21-7-3)19-16(4,22)18-6-2/h8-10,14-15,18-20,22H,5-7,11-12H2,1-4H3/b9-8-,13-10+/t14-,15+,16+/m0/s1. The van der Waals surface area contributed by atoms with Crippen LogP contribution >= 0.6 is 28.6 Å². The number of aliphatic hydroxyl groups is 1. The number of ether oxygens (including phenoxy) is 1. The van der Waals surface area contributed by atoms with E-state index in [1.54, 1.807) is 0 Å². The van der Waals surface area contributed by atoms with E-state index >= 15 is 0 Å². The van der Waals surface area contributed by atoms with Crippen LogP contribution in [0.3, 0.4) is 0 Å².